The van der Waals surface area contributed by atoms with Crippen LogP contribution in [0.2, 0.25) is 5.02 Å². The number of aldehydes is 1. The van der Waals surface area contributed by atoms with E-state index in [-0.39, 0.29) is 10.5 Å². The molecule has 1 aliphatic rings. The monoisotopic (exact) mass is 453 g/mol. The third-order valence-electron chi connectivity index (χ3n) is 4.78. The van der Waals surface area contributed by atoms with Crippen LogP contribution in [0.4, 0.5) is 9.18 Å². The van der Waals surface area contributed by atoms with Crippen molar-refractivity contribution >= 4 is 33.8 Å². The van der Waals surface area contributed by atoms with Gasteiger partial charge in [0, 0.05) is 10.9 Å². The fourth-order valence-corrected chi connectivity index (χ4v) is 5.90. The van der Waals surface area contributed by atoms with Crippen LogP contribution >= 0.6 is 11.6 Å². The van der Waals surface area contributed by atoms with Crippen molar-refractivity contribution in [2.24, 2.45) is 0 Å². The van der Waals surface area contributed by atoms with Gasteiger partial charge in [0.05, 0.1) is 4.90 Å². The summed E-state index contributed by atoms with van der Waals surface area (Å²) in [5.41, 5.74) is -2.38. The van der Waals surface area contributed by atoms with E-state index < -0.39 is 44.1 Å². The summed E-state index contributed by atoms with van der Waals surface area (Å²) in [6.07, 6.45) is -0.560. The summed E-state index contributed by atoms with van der Waals surface area (Å²) in [5.74, 6) is -1.57. The van der Waals surface area contributed by atoms with Gasteiger partial charge in [-0.1, -0.05) is 23.7 Å². The maximum absolute atomic E-state index is 13.8. The highest BCUT2D eigenvalue weighted by atomic mass is 35.5. The number of hydrogen-bond donors (Lipinski definition) is 1. The Bertz CT molecular complexity index is 1080. The van der Waals surface area contributed by atoms with Crippen LogP contribution in [0.25, 0.3) is 0 Å². The number of hydrogen-bond acceptors (Lipinski definition) is 5. The maximum Gasteiger partial charge on any atom is 0.408 e. The average molecular weight is 454 g/mol. The van der Waals surface area contributed by atoms with E-state index in [1.807, 2.05) is 0 Å². The van der Waals surface area contributed by atoms with Gasteiger partial charge in [-0.25, -0.2) is 17.6 Å². The van der Waals surface area contributed by atoms with Crippen molar-refractivity contribution in [3.63, 3.8) is 0 Å². The predicted molar refractivity (Wildman–Crippen MR) is 110 cm³/mol. The topological polar surface area (TPSA) is 89.5 Å². The first-order valence-electron chi connectivity index (χ1n) is 9.13. The van der Waals surface area contributed by atoms with E-state index in [0.717, 1.165) is 6.07 Å². The molecule has 9 heteroatoms. The molecule has 1 saturated carbocycles. The summed E-state index contributed by atoms with van der Waals surface area (Å²) in [4.78, 5) is 24.5. The number of sulfone groups is 1. The molecule has 6 nitrogen and oxygen atoms in total. The summed E-state index contributed by atoms with van der Waals surface area (Å²) in [6, 6.07) is 10.8. The van der Waals surface area contributed by atoms with Gasteiger partial charge in [0.15, 0.2) is 9.84 Å². The highest BCUT2D eigenvalue weighted by molar-refractivity contribution is 7.92. The molecule has 1 N–H and O–H groups in total. The molecule has 3 atom stereocenters. The van der Waals surface area contributed by atoms with E-state index in [1.165, 1.54) is 42.5 Å². The Balaban J connectivity index is 2.06. The van der Waals surface area contributed by atoms with Crippen LogP contribution < -0.4 is 5.32 Å². The van der Waals surface area contributed by atoms with Crippen molar-refractivity contribution in [1.29, 1.82) is 0 Å². The van der Waals surface area contributed by atoms with Crippen LogP contribution in [-0.2, 0) is 19.4 Å². The van der Waals surface area contributed by atoms with Crippen molar-refractivity contribution in [1.82, 2.24) is 5.32 Å². The van der Waals surface area contributed by atoms with Crippen molar-refractivity contribution in [3.05, 3.63) is 64.9 Å². The minimum Gasteiger partial charge on any atom is -0.444 e. The van der Waals surface area contributed by atoms with E-state index in [0.29, 0.717) is 11.3 Å². The van der Waals surface area contributed by atoms with E-state index in [1.54, 1.807) is 20.8 Å². The molecule has 3 rings (SSSR count). The molecule has 3 unspecified atom stereocenters. The van der Waals surface area contributed by atoms with Gasteiger partial charge in [-0.3, -0.25) is 0 Å². The molecule has 0 aromatic heterocycles. The van der Waals surface area contributed by atoms with Crippen LogP contribution in [-0.4, -0.2) is 37.2 Å². The number of nitrogens with one attached hydrogen (secondary N) is 1. The van der Waals surface area contributed by atoms with Crippen LogP contribution in [0.1, 0.15) is 32.3 Å². The number of halogens is 2. The van der Waals surface area contributed by atoms with Crippen molar-refractivity contribution in [3.8, 4) is 0 Å². The number of alkyl carbamates (subject to hydrolysis) is 1. The first-order valence-corrected chi connectivity index (χ1v) is 11.1. The van der Waals surface area contributed by atoms with Gasteiger partial charge in [0.2, 0.25) is 0 Å². The molecule has 30 heavy (non-hydrogen) atoms. The number of carbonyl (C=O) groups excluding carboxylic acids is 2. The Morgan fingerprint density at radius 3 is 2.37 bits per heavy atom. The zero-order valence-electron chi connectivity index (χ0n) is 16.6. The van der Waals surface area contributed by atoms with Gasteiger partial charge >= 0.3 is 6.09 Å². The van der Waals surface area contributed by atoms with Gasteiger partial charge in [-0.15, -0.1) is 0 Å². The third-order valence-corrected chi connectivity index (χ3v) is 7.29. The van der Waals surface area contributed by atoms with Gasteiger partial charge in [-0.2, -0.15) is 0 Å². The lowest BCUT2D eigenvalue weighted by atomic mass is 10.1. The number of rotatable bonds is 5. The van der Waals surface area contributed by atoms with Gasteiger partial charge < -0.3 is 14.8 Å². The van der Waals surface area contributed by atoms with Crippen LogP contribution in [0.15, 0.2) is 53.4 Å². The fourth-order valence-electron chi connectivity index (χ4n) is 3.53. The van der Waals surface area contributed by atoms with Crippen LogP contribution in [0.5, 0.6) is 0 Å². The molecule has 0 aliphatic heterocycles. The van der Waals surface area contributed by atoms with Gasteiger partial charge in [0.25, 0.3) is 0 Å². The SMILES string of the molecule is CC(C)(C)OC(=O)NC1(C=O)C(c2cccc(F)c2)C1S(=O)(=O)c1ccc(Cl)cc1. The summed E-state index contributed by atoms with van der Waals surface area (Å²) in [7, 11) is -4.08. The second-order valence-electron chi connectivity index (χ2n) is 8.13. The lowest BCUT2D eigenvalue weighted by Gasteiger charge is -2.22. The molecule has 1 fully saturated rings. The zero-order chi connectivity index (χ0) is 22.3. The Morgan fingerprint density at radius 1 is 1.20 bits per heavy atom. The molecule has 1 amide bonds. The predicted octanol–water partition coefficient (Wildman–Crippen LogP) is 3.88. The molecule has 0 radical (unpaired) electrons. The largest absolute Gasteiger partial charge is 0.444 e. The Labute approximate surface area is 179 Å². The molecular formula is C21H21ClFNO5S. The van der Waals surface area contributed by atoms with Gasteiger partial charge in [-0.05, 0) is 62.7 Å². The summed E-state index contributed by atoms with van der Waals surface area (Å²) >= 11 is 5.85. The zero-order valence-corrected chi connectivity index (χ0v) is 18.1. The average Bonchev–Trinajstić information content (AvgIpc) is 3.30. The lowest BCUT2D eigenvalue weighted by molar-refractivity contribution is -0.110. The lowest BCUT2D eigenvalue weighted by Crippen LogP contribution is -2.45. The Morgan fingerprint density at radius 2 is 1.83 bits per heavy atom. The summed E-state index contributed by atoms with van der Waals surface area (Å²) in [5, 5.41) is 1.43. The first kappa shape index (κ1) is 22.2. The van der Waals surface area contributed by atoms with Crippen molar-refractivity contribution < 1.29 is 27.1 Å². The minimum atomic E-state index is -4.08. The number of carbonyl (C=O) groups is 2. The summed E-state index contributed by atoms with van der Waals surface area (Å²) < 4.78 is 45.7. The van der Waals surface area contributed by atoms with E-state index >= 15 is 0 Å². The minimum absolute atomic E-state index is 0.0620. The fraction of sp³-hybridized carbons (Fsp3) is 0.333. The second-order valence-corrected chi connectivity index (χ2v) is 10.6. The molecule has 0 bridgehead atoms. The molecule has 2 aromatic rings. The first-order chi connectivity index (χ1) is 13.9. The number of amides is 1. The maximum atomic E-state index is 13.8. The number of benzene rings is 2. The molecule has 160 valence electrons. The normalized spacial score (nSPS) is 23.5. The molecule has 2 aromatic carbocycles. The Hall–Kier alpha value is -2.45. The van der Waals surface area contributed by atoms with E-state index in [2.05, 4.69) is 5.32 Å². The Kier molecular flexibility index (Phi) is 5.68. The molecular weight excluding hydrogens is 433 g/mol. The van der Waals surface area contributed by atoms with Gasteiger partial charge in [0.1, 0.15) is 28.5 Å². The summed E-state index contributed by atoms with van der Waals surface area (Å²) in [6.45, 7) is 4.91. The molecule has 0 spiro atoms. The second kappa shape index (κ2) is 7.67. The van der Waals surface area contributed by atoms with Crippen LogP contribution in [0.3, 0.4) is 0 Å². The number of ether oxygens (including phenoxy) is 1. The van der Waals surface area contributed by atoms with E-state index in [9.17, 15) is 22.4 Å². The van der Waals surface area contributed by atoms with E-state index in [4.69, 9.17) is 16.3 Å². The van der Waals surface area contributed by atoms with Crippen molar-refractivity contribution in [2.45, 2.75) is 48.0 Å². The molecule has 0 heterocycles. The van der Waals surface area contributed by atoms with Crippen molar-refractivity contribution in [2.75, 3.05) is 0 Å². The smallest absolute Gasteiger partial charge is 0.408 e. The highest BCUT2D eigenvalue weighted by Gasteiger charge is 2.73. The molecule has 1 aliphatic carbocycles. The van der Waals surface area contributed by atoms with Crippen LogP contribution in [0, 0.1) is 5.82 Å². The molecule has 0 saturated heterocycles. The standard InChI is InChI=1S/C21H21ClFNO5S/c1-20(2,3)29-19(26)24-21(12-25)17(13-5-4-6-15(23)11-13)18(21)30(27,28)16-9-7-14(22)8-10-16/h4-12,17-18H,1-3H3,(H,24,26). The highest BCUT2D eigenvalue weighted by Crippen LogP contribution is 2.56. The quantitative estimate of drug-likeness (QED) is 0.694. The third kappa shape index (κ3) is 4.20.